The Bertz CT molecular complexity index is 1870. The molecule has 2 heterocycles. The summed E-state index contributed by atoms with van der Waals surface area (Å²) in [7, 11) is -0.716. The van der Waals surface area contributed by atoms with Crippen LogP contribution in [-0.4, -0.2) is 65.0 Å². The van der Waals surface area contributed by atoms with Crippen LogP contribution < -0.4 is 14.2 Å². The summed E-state index contributed by atoms with van der Waals surface area (Å²) < 4.78 is 56.0. The van der Waals surface area contributed by atoms with Gasteiger partial charge in [0.25, 0.3) is 0 Å². The van der Waals surface area contributed by atoms with Crippen LogP contribution in [-0.2, 0) is 4.74 Å². The number of thioether (sulfide) groups is 1. The van der Waals surface area contributed by atoms with E-state index in [4.69, 9.17) is 23.9 Å². The molecule has 0 saturated heterocycles. The normalized spacial score (nSPS) is 12.3. The summed E-state index contributed by atoms with van der Waals surface area (Å²) >= 11 is 1.28. The third-order valence-corrected chi connectivity index (χ3v) is 17.6. The largest absolute Gasteiger partial charge is 0.480 e. The Morgan fingerprint density at radius 2 is 1.53 bits per heavy atom. The molecule has 0 atom stereocenters. The third kappa shape index (κ3) is 8.06. The first-order valence-corrected chi connectivity index (χ1v) is 23.8. The van der Waals surface area contributed by atoms with Crippen molar-refractivity contribution in [3.63, 3.8) is 0 Å². The first-order valence-electron chi connectivity index (χ1n) is 16.6. The number of ether oxygens (including phenoxy) is 4. The van der Waals surface area contributed by atoms with Gasteiger partial charge >= 0.3 is 0 Å². The summed E-state index contributed by atoms with van der Waals surface area (Å²) in [5.41, 5.74) is 5.06. The standard InChI is InChI=1S/C37H49F2N3O4SSi2/c1-22(2)49(23(3)4,24(5)6)17-15-27-29(38)14-13-25-19-26(46-21-43-7)20-28(30(25)27)33-32(39)34-31(35(40-33)44-8)36(42-37(41-34)47-9)45-16-18-48(10,11)12/h13-14,19-20,22-24H,16,18,21H2,1-12H3. The van der Waals surface area contributed by atoms with Crippen LogP contribution in [0.1, 0.15) is 47.1 Å². The summed E-state index contributed by atoms with van der Waals surface area (Å²) in [6.07, 6.45) is 1.82. The maximum atomic E-state index is 17.1. The Balaban J connectivity index is 2.11. The van der Waals surface area contributed by atoms with E-state index in [2.05, 4.69) is 82.6 Å². The molecule has 49 heavy (non-hydrogen) atoms. The molecule has 4 rings (SSSR count). The van der Waals surface area contributed by atoms with Crippen LogP contribution in [0.15, 0.2) is 29.4 Å². The first-order chi connectivity index (χ1) is 23.1. The first kappa shape index (κ1) is 38.6. The number of halogens is 2. The van der Waals surface area contributed by atoms with Crippen molar-refractivity contribution in [1.82, 2.24) is 15.0 Å². The van der Waals surface area contributed by atoms with Crippen LogP contribution in [0.3, 0.4) is 0 Å². The Labute approximate surface area is 295 Å². The minimum Gasteiger partial charge on any atom is -0.480 e. The van der Waals surface area contributed by atoms with E-state index in [9.17, 15) is 0 Å². The zero-order valence-corrected chi connectivity index (χ0v) is 33.6. The Morgan fingerprint density at radius 1 is 0.857 bits per heavy atom. The summed E-state index contributed by atoms with van der Waals surface area (Å²) in [5, 5.41) is 1.62. The average Bonchev–Trinajstić information content (AvgIpc) is 3.03. The predicted molar refractivity (Wildman–Crippen MR) is 203 cm³/mol. The van der Waals surface area contributed by atoms with E-state index in [-0.39, 0.29) is 40.7 Å². The molecule has 2 aromatic heterocycles. The monoisotopic (exact) mass is 725 g/mol. The number of methoxy groups -OCH3 is 2. The summed E-state index contributed by atoms with van der Waals surface area (Å²) in [4.78, 5) is 13.8. The fourth-order valence-corrected chi connectivity index (χ4v) is 12.9. The second-order valence-corrected chi connectivity index (χ2v) is 26.3. The van der Waals surface area contributed by atoms with Gasteiger partial charge in [0.2, 0.25) is 11.8 Å². The van der Waals surface area contributed by atoms with Gasteiger partial charge in [0.05, 0.1) is 19.3 Å². The Hall–Kier alpha value is -3.25. The van der Waals surface area contributed by atoms with Gasteiger partial charge in [-0.25, -0.2) is 18.7 Å². The molecule has 2 aromatic carbocycles. The van der Waals surface area contributed by atoms with Gasteiger partial charge in [-0.2, -0.15) is 4.98 Å². The summed E-state index contributed by atoms with van der Waals surface area (Å²) in [6.45, 7) is 20.4. The molecule has 0 bridgehead atoms. The Morgan fingerprint density at radius 3 is 2.10 bits per heavy atom. The van der Waals surface area contributed by atoms with E-state index < -0.39 is 27.8 Å². The van der Waals surface area contributed by atoms with Gasteiger partial charge in [-0.05, 0) is 52.5 Å². The number of benzene rings is 2. The topological polar surface area (TPSA) is 75.6 Å². The molecule has 12 heteroatoms. The molecule has 264 valence electrons. The highest BCUT2D eigenvalue weighted by Gasteiger charge is 2.42. The second kappa shape index (κ2) is 15.8. The lowest BCUT2D eigenvalue weighted by molar-refractivity contribution is 0.0512. The summed E-state index contributed by atoms with van der Waals surface area (Å²) in [6, 6.07) is 7.34. The van der Waals surface area contributed by atoms with E-state index in [1.165, 1.54) is 32.0 Å². The number of hydrogen-bond acceptors (Lipinski definition) is 8. The molecule has 0 amide bonds. The Kier molecular flexibility index (Phi) is 12.4. The van der Waals surface area contributed by atoms with Gasteiger partial charge < -0.3 is 18.9 Å². The van der Waals surface area contributed by atoms with Crippen molar-refractivity contribution in [2.75, 3.05) is 33.9 Å². The van der Waals surface area contributed by atoms with E-state index in [1.807, 2.05) is 6.26 Å². The smallest absolute Gasteiger partial charge is 0.231 e. The van der Waals surface area contributed by atoms with E-state index in [0.29, 0.717) is 50.5 Å². The van der Waals surface area contributed by atoms with Crippen molar-refractivity contribution >= 4 is 49.6 Å². The van der Waals surface area contributed by atoms with Gasteiger partial charge in [0.1, 0.15) is 36.2 Å². The van der Waals surface area contributed by atoms with Gasteiger partial charge in [0, 0.05) is 26.1 Å². The molecule has 0 N–H and O–H groups in total. The highest BCUT2D eigenvalue weighted by atomic mass is 32.2. The van der Waals surface area contributed by atoms with Crippen LogP contribution in [0.5, 0.6) is 17.5 Å². The lowest BCUT2D eigenvalue weighted by Crippen LogP contribution is -2.43. The van der Waals surface area contributed by atoms with Gasteiger partial charge in [-0.15, -0.1) is 5.54 Å². The van der Waals surface area contributed by atoms with Crippen LogP contribution >= 0.6 is 11.8 Å². The highest BCUT2D eigenvalue weighted by molar-refractivity contribution is 7.98. The summed E-state index contributed by atoms with van der Waals surface area (Å²) in [5.74, 6) is 2.79. The molecule has 0 aliphatic heterocycles. The van der Waals surface area contributed by atoms with Crippen LogP contribution in [0.4, 0.5) is 8.78 Å². The van der Waals surface area contributed by atoms with Gasteiger partial charge in [-0.1, -0.05) is 84.9 Å². The van der Waals surface area contributed by atoms with Gasteiger partial charge in [0.15, 0.2) is 17.8 Å². The van der Waals surface area contributed by atoms with Crippen LogP contribution in [0.25, 0.3) is 32.9 Å². The molecule has 0 radical (unpaired) electrons. The SMILES string of the molecule is COCOc1cc(-c2nc(OC)c3c(OCC[Si](C)(C)C)nc(SC)nc3c2F)c2c(C#C[Si](C(C)C)(C(C)C)C(C)C)c(F)ccc2c1. The fourth-order valence-electron chi connectivity index (χ4n) is 6.60. The molecule has 0 saturated carbocycles. The lowest BCUT2D eigenvalue weighted by atomic mass is 9.95. The average molecular weight is 726 g/mol. The van der Waals surface area contributed by atoms with Crippen molar-refractivity contribution in [1.29, 1.82) is 0 Å². The third-order valence-electron chi connectivity index (χ3n) is 9.07. The molecule has 4 aromatic rings. The van der Waals surface area contributed by atoms with Crippen molar-refractivity contribution in [2.24, 2.45) is 0 Å². The van der Waals surface area contributed by atoms with Crippen molar-refractivity contribution in [2.45, 2.75) is 89.0 Å². The van der Waals surface area contributed by atoms with E-state index >= 15 is 8.78 Å². The number of rotatable bonds is 13. The number of pyridine rings is 1. The lowest BCUT2D eigenvalue weighted by Gasteiger charge is -2.38. The van der Waals surface area contributed by atoms with Crippen molar-refractivity contribution in [3.8, 4) is 40.2 Å². The number of nitrogens with zero attached hydrogens (tertiary/aromatic N) is 3. The van der Waals surface area contributed by atoms with E-state index in [1.54, 1.807) is 18.2 Å². The number of aromatic nitrogens is 3. The molecular formula is C37H49F2N3O4SSi2. The van der Waals surface area contributed by atoms with Crippen molar-refractivity contribution < 1.29 is 27.7 Å². The predicted octanol–water partition coefficient (Wildman–Crippen LogP) is 10.1. The maximum Gasteiger partial charge on any atom is 0.231 e. The molecule has 0 aliphatic carbocycles. The molecule has 0 spiro atoms. The van der Waals surface area contributed by atoms with Crippen LogP contribution in [0.2, 0.25) is 42.3 Å². The minimum atomic E-state index is -2.26. The maximum absolute atomic E-state index is 17.1. The molecule has 0 aliphatic rings. The quantitative estimate of drug-likeness (QED) is 0.0443. The number of hydrogen-bond donors (Lipinski definition) is 0. The van der Waals surface area contributed by atoms with Crippen molar-refractivity contribution in [3.05, 3.63) is 41.5 Å². The van der Waals surface area contributed by atoms with Gasteiger partial charge in [-0.3, -0.25) is 0 Å². The second-order valence-electron chi connectivity index (χ2n) is 14.4. The minimum absolute atomic E-state index is 0.00421. The zero-order chi connectivity index (χ0) is 36.3. The molecule has 7 nitrogen and oxygen atoms in total. The van der Waals surface area contributed by atoms with Crippen LogP contribution in [0, 0.1) is 23.1 Å². The van der Waals surface area contributed by atoms with E-state index in [0.717, 1.165) is 6.04 Å². The zero-order valence-electron chi connectivity index (χ0n) is 30.8. The molecule has 0 fully saturated rings. The number of fused-ring (bicyclic) bond motifs is 2. The fraction of sp³-hybridized carbons (Fsp3) is 0.486. The molecule has 0 unspecified atom stereocenters. The highest BCUT2D eigenvalue weighted by Crippen LogP contribution is 2.43. The molecular weight excluding hydrogens is 677 g/mol.